The van der Waals surface area contributed by atoms with Crippen LogP contribution >= 0.6 is 0 Å². The molecule has 0 radical (unpaired) electrons. The van der Waals surface area contributed by atoms with Gasteiger partial charge in [-0.15, -0.1) is 0 Å². The molecule has 2 N–H and O–H groups in total. The van der Waals surface area contributed by atoms with Crippen molar-refractivity contribution < 1.29 is 63.5 Å². The predicted molar refractivity (Wildman–Crippen MR) is 59.8 cm³/mol. The average Bonchev–Trinajstić information content (AvgIpc) is 2.33. The van der Waals surface area contributed by atoms with E-state index in [1.807, 2.05) is 0 Å². The van der Waals surface area contributed by atoms with Crippen LogP contribution in [-0.2, 0) is 29.2 Å². The van der Waals surface area contributed by atoms with Gasteiger partial charge < -0.3 is 14.6 Å². The lowest BCUT2D eigenvalue weighted by molar-refractivity contribution is -0.354. The highest BCUT2D eigenvalue weighted by Crippen LogP contribution is 2.37. The number of esters is 1. The SMILES string of the molecule is C=C(F)C(=O)OC(OCCC(F)(F)S(=O)(=O)O)(C(=O)O)C(F)(F)F. The number of carboxylic acids is 1. The van der Waals surface area contributed by atoms with Gasteiger partial charge in [-0.2, -0.15) is 34.8 Å². The van der Waals surface area contributed by atoms with Gasteiger partial charge in [0.05, 0.1) is 13.0 Å². The lowest BCUT2D eigenvalue weighted by atomic mass is 10.2. The largest absolute Gasteiger partial charge is 0.476 e. The highest BCUT2D eigenvalue weighted by atomic mass is 32.2. The van der Waals surface area contributed by atoms with Crippen molar-refractivity contribution in [2.24, 2.45) is 0 Å². The number of alkyl halides is 5. The van der Waals surface area contributed by atoms with Crippen LogP contribution in [0.15, 0.2) is 12.4 Å². The molecule has 0 aromatic heterocycles. The Balaban J connectivity index is 5.55. The lowest BCUT2D eigenvalue weighted by Gasteiger charge is -2.30. The zero-order chi connectivity index (χ0) is 19.6. The number of ether oxygens (including phenoxy) is 2. The van der Waals surface area contributed by atoms with Crippen LogP contribution in [-0.4, -0.2) is 53.8 Å². The second kappa shape index (κ2) is 6.94. The third kappa shape index (κ3) is 4.81. The fourth-order valence-electron chi connectivity index (χ4n) is 1.02. The minimum atomic E-state index is -6.07. The van der Waals surface area contributed by atoms with Crippen LogP contribution in [0.3, 0.4) is 0 Å². The van der Waals surface area contributed by atoms with Crippen LogP contribution in [0.25, 0.3) is 0 Å². The number of carboxylic acid groups (broad SMARTS) is 1. The monoisotopic (exact) mass is 390 g/mol. The van der Waals surface area contributed by atoms with E-state index < -0.39 is 58.1 Å². The number of hydrogen-bond acceptors (Lipinski definition) is 6. The molecule has 0 bridgehead atoms. The number of carbonyl (C=O) groups excluding carboxylic acids is 1. The summed E-state index contributed by atoms with van der Waals surface area (Å²) in [6, 6.07) is 0. The summed E-state index contributed by atoms with van der Waals surface area (Å²) in [5, 5.41) is 3.56. The molecule has 0 aromatic carbocycles. The van der Waals surface area contributed by atoms with Gasteiger partial charge in [0.1, 0.15) is 0 Å². The number of aliphatic carboxylic acids is 1. The first-order valence-electron chi connectivity index (χ1n) is 5.34. The Morgan fingerprint density at radius 3 is 1.88 bits per heavy atom. The Morgan fingerprint density at radius 2 is 1.58 bits per heavy atom. The lowest BCUT2D eigenvalue weighted by Crippen LogP contribution is -2.57. The van der Waals surface area contributed by atoms with E-state index in [9.17, 15) is 44.3 Å². The van der Waals surface area contributed by atoms with Crippen LogP contribution in [0.5, 0.6) is 0 Å². The summed E-state index contributed by atoms with van der Waals surface area (Å²) < 4.78 is 112. The van der Waals surface area contributed by atoms with Gasteiger partial charge in [0.25, 0.3) is 0 Å². The van der Waals surface area contributed by atoms with Gasteiger partial charge in [-0.05, 0) is 0 Å². The number of carbonyl (C=O) groups is 2. The summed E-state index contributed by atoms with van der Waals surface area (Å²) in [4.78, 5) is 21.6. The minimum Gasteiger partial charge on any atom is -0.476 e. The van der Waals surface area contributed by atoms with Crippen LogP contribution in [0.4, 0.5) is 26.3 Å². The molecule has 140 valence electrons. The molecule has 0 saturated heterocycles. The molecule has 0 saturated carbocycles. The molecule has 0 amide bonds. The molecular weight excluding hydrogens is 382 g/mol. The normalized spacial score (nSPS) is 15.5. The fraction of sp³-hybridized carbons (Fsp3) is 0.556. The molecule has 1 unspecified atom stereocenters. The van der Waals surface area contributed by atoms with Gasteiger partial charge in [-0.25, -0.2) is 9.59 Å². The highest BCUT2D eigenvalue weighted by molar-refractivity contribution is 7.86. The Labute approximate surface area is 129 Å². The van der Waals surface area contributed by atoms with Crippen LogP contribution in [0.1, 0.15) is 6.42 Å². The molecular formula is C9H8F6O8S. The van der Waals surface area contributed by atoms with Gasteiger partial charge >= 0.3 is 39.3 Å². The first-order chi connectivity index (χ1) is 10.5. The zero-order valence-corrected chi connectivity index (χ0v) is 12.0. The van der Waals surface area contributed by atoms with Crippen LogP contribution in [0, 0.1) is 0 Å². The van der Waals surface area contributed by atoms with E-state index in [1.165, 1.54) is 0 Å². The highest BCUT2D eigenvalue weighted by Gasteiger charge is 2.67. The topological polar surface area (TPSA) is 127 Å². The third-order valence-corrected chi connectivity index (χ3v) is 3.15. The number of halogens is 6. The Bertz CT molecular complexity index is 626. The third-order valence-electron chi connectivity index (χ3n) is 2.19. The van der Waals surface area contributed by atoms with Gasteiger partial charge in [0.15, 0.2) is 0 Å². The van der Waals surface area contributed by atoms with Crippen molar-refractivity contribution in [1.29, 1.82) is 0 Å². The molecule has 0 aromatic rings. The van der Waals surface area contributed by atoms with E-state index >= 15 is 0 Å². The van der Waals surface area contributed by atoms with E-state index in [4.69, 9.17) is 9.66 Å². The van der Waals surface area contributed by atoms with E-state index in [0.717, 1.165) is 0 Å². The summed E-state index contributed by atoms with van der Waals surface area (Å²) >= 11 is 0. The van der Waals surface area contributed by atoms with Gasteiger partial charge in [0, 0.05) is 0 Å². The first-order valence-corrected chi connectivity index (χ1v) is 6.78. The molecule has 0 aliphatic heterocycles. The molecule has 15 heteroatoms. The van der Waals surface area contributed by atoms with Crippen molar-refractivity contribution in [3.63, 3.8) is 0 Å². The molecule has 24 heavy (non-hydrogen) atoms. The zero-order valence-electron chi connectivity index (χ0n) is 11.1. The average molecular weight is 390 g/mol. The standard InChI is InChI=1S/C9H8F6O8S/c1-4(10)5(16)23-8(6(17)18,9(13,14)15)22-3-2-7(11,12)24(19,20)21/h1-3H2,(H,17,18)(H,19,20,21). The summed E-state index contributed by atoms with van der Waals surface area (Å²) in [5.41, 5.74) is 0. The summed E-state index contributed by atoms with van der Waals surface area (Å²) in [5.74, 6) is -12.7. The van der Waals surface area contributed by atoms with E-state index in [0.29, 0.717) is 0 Å². The molecule has 0 fully saturated rings. The first kappa shape index (κ1) is 22.1. The predicted octanol–water partition coefficient (Wildman–Crippen LogP) is 1.24. The smallest absolute Gasteiger partial charge is 0.468 e. The van der Waals surface area contributed by atoms with Crippen molar-refractivity contribution in [2.75, 3.05) is 6.61 Å². The Hall–Kier alpha value is -1.87. The second-order valence-corrected chi connectivity index (χ2v) is 5.47. The maximum atomic E-state index is 12.9. The summed E-state index contributed by atoms with van der Waals surface area (Å²) in [7, 11) is -6.04. The molecule has 0 rings (SSSR count). The molecule has 8 nitrogen and oxygen atoms in total. The Morgan fingerprint density at radius 1 is 1.12 bits per heavy atom. The molecule has 0 aliphatic carbocycles. The van der Waals surface area contributed by atoms with E-state index in [-0.39, 0.29) is 0 Å². The molecule has 0 aliphatic rings. The van der Waals surface area contributed by atoms with Crippen LogP contribution in [0.2, 0.25) is 0 Å². The van der Waals surface area contributed by atoms with Gasteiger partial charge in [0.2, 0.25) is 5.83 Å². The fourth-order valence-corrected chi connectivity index (χ4v) is 1.37. The van der Waals surface area contributed by atoms with Crippen molar-refractivity contribution in [3.05, 3.63) is 12.4 Å². The summed E-state index contributed by atoms with van der Waals surface area (Å²) in [6.45, 7) is 0.275. The number of rotatable bonds is 8. The van der Waals surface area contributed by atoms with Crippen molar-refractivity contribution in [1.82, 2.24) is 0 Å². The van der Waals surface area contributed by atoms with Crippen molar-refractivity contribution in [2.45, 2.75) is 23.6 Å². The van der Waals surface area contributed by atoms with Crippen molar-refractivity contribution in [3.8, 4) is 0 Å². The minimum absolute atomic E-state index is 1.97. The van der Waals surface area contributed by atoms with Gasteiger partial charge in [-0.3, -0.25) is 4.55 Å². The summed E-state index contributed by atoms with van der Waals surface area (Å²) in [6.07, 6.45) is -8.21. The maximum absolute atomic E-state index is 12.9. The maximum Gasteiger partial charge on any atom is 0.468 e. The van der Waals surface area contributed by atoms with Crippen molar-refractivity contribution >= 4 is 22.1 Å². The molecule has 0 spiro atoms. The molecule has 0 heterocycles. The van der Waals surface area contributed by atoms with Gasteiger partial charge in [-0.1, -0.05) is 6.58 Å². The van der Waals surface area contributed by atoms with Crippen LogP contribution < -0.4 is 0 Å². The Kier molecular flexibility index (Phi) is 6.40. The quantitative estimate of drug-likeness (QED) is 0.208. The molecule has 1 atom stereocenters. The second-order valence-electron chi connectivity index (χ2n) is 3.92. The van der Waals surface area contributed by atoms with E-state index in [1.54, 1.807) is 0 Å². The number of hydrogen-bond donors (Lipinski definition) is 2. The van der Waals surface area contributed by atoms with E-state index in [2.05, 4.69) is 16.1 Å².